The van der Waals surface area contributed by atoms with E-state index in [9.17, 15) is 9.18 Å². The molecule has 0 bridgehead atoms. The van der Waals surface area contributed by atoms with Crippen LogP contribution in [0.4, 0.5) is 4.39 Å². The van der Waals surface area contributed by atoms with Crippen molar-refractivity contribution in [3.63, 3.8) is 0 Å². The summed E-state index contributed by atoms with van der Waals surface area (Å²) in [6, 6.07) is 14.7. The summed E-state index contributed by atoms with van der Waals surface area (Å²) < 4.78 is 35.4. The molecule has 0 unspecified atom stereocenters. The highest BCUT2D eigenvalue weighted by Gasteiger charge is 2.18. The number of aromatic nitrogens is 1. The first-order valence-corrected chi connectivity index (χ1v) is 10.2. The third kappa shape index (κ3) is 4.29. The average Bonchev–Trinajstić information content (AvgIpc) is 3.47. The Bertz CT molecular complexity index is 1220. The first-order valence-electron chi connectivity index (χ1n) is 9.28. The maximum absolute atomic E-state index is 13.9. The topological polar surface area (TPSA) is 70.8 Å². The second kappa shape index (κ2) is 9.01. The lowest BCUT2D eigenvalue weighted by Gasteiger charge is -2.10. The Morgan fingerprint density at radius 2 is 1.84 bits per heavy atom. The van der Waals surface area contributed by atoms with E-state index in [1.807, 2.05) is 12.1 Å². The molecule has 0 atom stereocenters. The van der Waals surface area contributed by atoms with E-state index in [0.29, 0.717) is 22.2 Å². The molecule has 6 nitrogen and oxygen atoms in total. The Labute approximate surface area is 181 Å². The first kappa shape index (κ1) is 20.6. The molecule has 0 fully saturated rings. The second-order valence-electron chi connectivity index (χ2n) is 6.40. The summed E-state index contributed by atoms with van der Waals surface area (Å²) in [5.41, 5.74) is 1.64. The predicted molar refractivity (Wildman–Crippen MR) is 114 cm³/mol. The summed E-state index contributed by atoms with van der Waals surface area (Å²) in [7, 11) is 3.14. The summed E-state index contributed by atoms with van der Waals surface area (Å²) in [4.78, 5) is 16.9. The Morgan fingerprint density at radius 1 is 1.03 bits per heavy atom. The Hall–Kier alpha value is -3.65. The predicted octanol–water partition coefficient (Wildman–Crippen LogP) is 5.58. The largest absolute Gasteiger partial charge is 0.493 e. The van der Waals surface area contributed by atoms with Crippen LogP contribution in [0.25, 0.3) is 21.9 Å². The van der Waals surface area contributed by atoms with Crippen LogP contribution in [0.5, 0.6) is 11.5 Å². The molecule has 0 saturated carbocycles. The molecule has 0 spiro atoms. The van der Waals surface area contributed by atoms with E-state index in [2.05, 4.69) is 4.98 Å². The summed E-state index contributed by atoms with van der Waals surface area (Å²) in [5.74, 6) is 0.343. The van der Waals surface area contributed by atoms with E-state index in [4.69, 9.17) is 18.6 Å². The van der Waals surface area contributed by atoms with Crippen molar-refractivity contribution in [1.29, 1.82) is 0 Å². The highest BCUT2D eigenvalue weighted by atomic mass is 32.1. The van der Waals surface area contributed by atoms with Crippen molar-refractivity contribution in [2.45, 2.75) is 6.61 Å². The lowest BCUT2D eigenvalue weighted by atomic mass is 10.1. The van der Waals surface area contributed by atoms with Crippen molar-refractivity contribution in [3.05, 3.63) is 77.2 Å². The smallest absolute Gasteiger partial charge is 0.374 e. The fraction of sp³-hybridized carbons (Fsp3) is 0.130. The summed E-state index contributed by atoms with van der Waals surface area (Å²) in [6.45, 7) is -0.0304. The molecule has 0 amide bonds. The van der Waals surface area contributed by atoms with E-state index >= 15 is 0 Å². The van der Waals surface area contributed by atoms with Gasteiger partial charge >= 0.3 is 5.97 Å². The van der Waals surface area contributed by atoms with E-state index in [-0.39, 0.29) is 23.7 Å². The standard InChI is InChI=1S/C23H18FNO5S/c1-27-19-9-5-7-16(21(19)28-2)22-25-14(13-31-22)12-29-23(26)20-11-10-18(30-20)15-6-3-4-8-17(15)24/h3-11,13H,12H2,1-2H3. The maximum atomic E-state index is 13.9. The normalized spacial score (nSPS) is 10.7. The molecule has 0 aliphatic heterocycles. The summed E-state index contributed by atoms with van der Waals surface area (Å²) in [6.07, 6.45) is 0. The van der Waals surface area contributed by atoms with Crippen LogP contribution in [0.2, 0.25) is 0 Å². The molecule has 8 heteroatoms. The fourth-order valence-electron chi connectivity index (χ4n) is 3.02. The highest BCUT2D eigenvalue weighted by molar-refractivity contribution is 7.13. The number of nitrogens with zero attached hydrogens (tertiary/aromatic N) is 1. The number of methoxy groups -OCH3 is 2. The molecule has 0 saturated heterocycles. The number of hydrogen-bond acceptors (Lipinski definition) is 7. The molecule has 2 aromatic carbocycles. The number of carbonyl (C=O) groups excluding carboxylic acids is 1. The van der Waals surface area contributed by atoms with Gasteiger partial charge in [-0.15, -0.1) is 11.3 Å². The van der Waals surface area contributed by atoms with Gasteiger partial charge in [-0.2, -0.15) is 0 Å². The molecule has 31 heavy (non-hydrogen) atoms. The molecule has 0 radical (unpaired) electrons. The van der Waals surface area contributed by atoms with Crippen LogP contribution in [0.1, 0.15) is 16.2 Å². The zero-order valence-corrected chi connectivity index (χ0v) is 17.6. The number of para-hydroxylation sites is 1. The van der Waals surface area contributed by atoms with Gasteiger partial charge in [0.05, 0.1) is 31.0 Å². The van der Waals surface area contributed by atoms with Crippen LogP contribution in [0.15, 0.2) is 64.4 Å². The van der Waals surface area contributed by atoms with Gasteiger partial charge in [-0.1, -0.05) is 18.2 Å². The van der Waals surface area contributed by atoms with Crippen molar-refractivity contribution in [2.75, 3.05) is 14.2 Å². The fourth-order valence-corrected chi connectivity index (χ4v) is 3.84. The minimum Gasteiger partial charge on any atom is -0.493 e. The minimum atomic E-state index is -0.656. The molecular weight excluding hydrogens is 421 g/mol. The third-order valence-corrected chi connectivity index (χ3v) is 5.41. The van der Waals surface area contributed by atoms with Gasteiger partial charge < -0.3 is 18.6 Å². The van der Waals surface area contributed by atoms with Gasteiger partial charge in [0.15, 0.2) is 11.5 Å². The Kier molecular flexibility index (Phi) is 5.99. The lowest BCUT2D eigenvalue weighted by Crippen LogP contribution is -2.04. The number of rotatable bonds is 7. The molecule has 0 aliphatic carbocycles. The Balaban J connectivity index is 1.45. The monoisotopic (exact) mass is 439 g/mol. The van der Waals surface area contributed by atoms with Crippen LogP contribution < -0.4 is 9.47 Å². The van der Waals surface area contributed by atoms with Crippen LogP contribution >= 0.6 is 11.3 Å². The van der Waals surface area contributed by atoms with Gasteiger partial charge in [-0.3, -0.25) is 0 Å². The molecule has 4 aromatic rings. The highest BCUT2D eigenvalue weighted by Crippen LogP contribution is 2.39. The van der Waals surface area contributed by atoms with Gasteiger partial charge in [0.2, 0.25) is 5.76 Å². The van der Waals surface area contributed by atoms with Crippen LogP contribution in [0, 0.1) is 5.82 Å². The number of carbonyl (C=O) groups is 1. The number of thiazole rings is 1. The van der Waals surface area contributed by atoms with Crippen molar-refractivity contribution < 1.29 is 27.8 Å². The van der Waals surface area contributed by atoms with E-state index in [0.717, 1.165) is 5.56 Å². The third-order valence-electron chi connectivity index (χ3n) is 4.48. The minimum absolute atomic E-state index is 0.0110. The molecule has 0 N–H and O–H groups in total. The molecular formula is C23H18FNO5S. The molecule has 2 heterocycles. The zero-order valence-electron chi connectivity index (χ0n) is 16.8. The van der Waals surface area contributed by atoms with Gasteiger partial charge in [-0.05, 0) is 36.4 Å². The van der Waals surface area contributed by atoms with Crippen molar-refractivity contribution in [3.8, 4) is 33.4 Å². The van der Waals surface area contributed by atoms with Crippen molar-refractivity contribution >= 4 is 17.3 Å². The summed E-state index contributed by atoms with van der Waals surface area (Å²) >= 11 is 1.40. The van der Waals surface area contributed by atoms with Crippen LogP contribution in [0.3, 0.4) is 0 Å². The van der Waals surface area contributed by atoms with Crippen molar-refractivity contribution in [1.82, 2.24) is 4.98 Å². The van der Waals surface area contributed by atoms with Gasteiger partial charge in [0, 0.05) is 5.38 Å². The maximum Gasteiger partial charge on any atom is 0.374 e. The number of ether oxygens (including phenoxy) is 3. The van der Waals surface area contributed by atoms with Crippen LogP contribution in [-0.2, 0) is 11.3 Å². The number of benzene rings is 2. The average molecular weight is 439 g/mol. The molecule has 2 aromatic heterocycles. The van der Waals surface area contributed by atoms with E-state index in [1.165, 1.54) is 29.5 Å². The Morgan fingerprint density at radius 3 is 2.61 bits per heavy atom. The van der Waals surface area contributed by atoms with Gasteiger partial charge in [0.1, 0.15) is 23.2 Å². The quantitative estimate of drug-likeness (QED) is 0.350. The zero-order chi connectivity index (χ0) is 21.8. The number of furan rings is 1. The van der Waals surface area contributed by atoms with Crippen molar-refractivity contribution in [2.24, 2.45) is 0 Å². The second-order valence-corrected chi connectivity index (χ2v) is 7.26. The van der Waals surface area contributed by atoms with E-state index < -0.39 is 11.8 Å². The van der Waals surface area contributed by atoms with Gasteiger partial charge in [0.25, 0.3) is 0 Å². The summed E-state index contributed by atoms with van der Waals surface area (Å²) in [5, 5.41) is 2.51. The number of hydrogen-bond donors (Lipinski definition) is 0. The first-order chi connectivity index (χ1) is 15.1. The number of esters is 1. The molecule has 0 aliphatic rings. The SMILES string of the molecule is COc1cccc(-c2nc(COC(=O)c3ccc(-c4ccccc4F)o3)cs2)c1OC. The molecule has 4 rings (SSSR count). The lowest BCUT2D eigenvalue weighted by molar-refractivity contribution is 0.0433. The van der Waals surface area contributed by atoms with E-state index in [1.54, 1.807) is 43.9 Å². The van der Waals surface area contributed by atoms with Crippen LogP contribution in [-0.4, -0.2) is 25.2 Å². The number of halogens is 1. The molecule has 158 valence electrons. The van der Waals surface area contributed by atoms with Gasteiger partial charge in [-0.25, -0.2) is 14.2 Å².